The van der Waals surface area contributed by atoms with Crippen molar-refractivity contribution >= 4 is 0 Å². The van der Waals surface area contributed by atoms with E-state index >= 15 is 0 Å². The van der Waals surface area contributed by atoms with E-state index in [1.165, 1.54) is 11.1 Å². The van der Waals surface area contributed by atoms with Crippen LogP contribution in [0, 0.1) is 6.92 Å². The summed E-state index contributed by atoms with van der Waals surface area (Å²) in [7, 11) is 1.75. The third-order valence-electron chi connectivity index (χ3n) is 3.93. The number of ether oxygens (including phenoxy) is 1. The molecule has 1 N–H and O–H groups in total. The first-order valence-electron chi connectivity index (χ1n) is 6.78. The van der Waals surface area contributed by atoms with E-state index in [1.807, 2.05) is 0 Å². The molecule has 0 saturated carbocycles. The van der Waals surface area contributed by atoms with E-state index in [1.54, 1.807) is 7.11 Å². The van der Waals surface area contributed by atoms with E-state index < -0.39 is 0 Å². The number of hydrogen-bond acceptors (Lipinski definition) is 3. The summed E-state index contributed by atoms with van der Waals surface area (Å²) < 4.78 is 5.51. The van der Waals surface area contributed by atoms with Crippen LogP contribution in [-0.2, 0) is 0 Å². The fourth-order valence-electron chi connectivity index (χ4n) is 2.72. The lowest BCUT2D eigenvalue weighted by molar-refractivity contribution is 0.108. The minimum Gasteiger partial charge on any atom is -0.496 e. The zero-order chi connectivity index (χ0) is 13.1. The molecule has 1 aromatic carbocycles. The van der Waals surface area contributed by atoms with Gasteiger partial charge in [-0.25, -0.2) is 0 Å². The predicted octanol–water partition coefficient (Wildman–Crippen LogP) is 2.36. The van der Waals surface area contributed by atoms with Gasteiger partial charge in [-0.05, 0) is 26.5 Å². The van der Waals surface area contributed by atoms with Crippen LogP contribution in [0.2, 0.25) is 0 Å². The Kier molecular flexibility index (Phi) is 4.25. The Morgan fingerprint density at radius 3 is 2.67 bits per heavy atom. The van der Waals surface area contributed by atoms with Crippen LogP contribution in [0.3, 0.4) is 0 Å². The minimum absolute atomic E-state index is 0.400. The van der Waals surface area contributed by atoms with Crippen molar-refractivity contribution in [2.75, 3.05) is 26.7 Å². The number of methoxy groups -OCH3 is 1. The van der Waals surface area contributed by atoms with Crippen LogP contribution in [0.15, 0.2) is 18.2 Å². The van der Waals surface area contributed by atoms with Crippen LogP contribution in [0.1, 0.15) is 31.0 Å². The molecular formula is C15H24N2O. The fraction of sp³-hybridized carbons (Fsp3) is 0.600. The van der Waals surface area contributed by atoms with E-state index in [4.69, 9.17) is 4.74 Å². The second-order valence-electron chi connectivity index (χ2n) is 5.06. The van der Waals surface area contributed by atoms with Crippen molar-refractivity contribution in [1.29, 1.82) is 0 Å². The first-order chi connectivity index (χ1) is 8.67. The Hall–Kier alpha value is -1.06. The van der Waals surface area contributed by atoms with Crippen molar-refractivity contribution in [3.8, 4) is 5.75 Å². The normalized spacial score (nSPS) is 17.6. The predicted molar refractivity (Wildman–Crippen MR) is 75.2 cm³/mol. The lowest BCUT2D eigenvalue weighted by Gasteiger charge is -2.41. The molecule has 1 fully saturated rings. The molecule has 0 spiro atoms. The zero-order valence-electron chi connectivity index (χ0n) is 11.9. The molecule has 0 bridgehead atoms. The molecule has 100 valence electrons. The van der Waals surface area contributed by atoms with Gasteiger partial charge in [0.15, 0.2) is 0 Å². The van der Waals surface area contributed by atoms with Gasteiger partial charge < -0.3 is 10.1 Å². The third kappa shape index (κ3) is 2.52. The van der Waals surface area contributed by atoms with Crippen molar-refractivity contribution in [1.82, 2.24) is 10.2 Å². The van der Waals surface area contributed by atoms with Gasteiger partial charge in [0.2, 0.25) is 0 Å². The average molecular weight is 248 g/mol. The molecule has 1 aliphatic rings. The van der Waals surface area contributed by atoms with Crippen LogP contribution in [-0.4, -0.2) is 37.7 Å². The van der Waals surface area contributed by atoms with Gasteiger partial charge in [0.25, 0.3) is 0 Å². The van der Waals surface area contributed by atoms with Crippen LogP contribution in [0.4, 0.5) is 0 Å². The van der Waals surface area contributed by atoms with Gasteiger partial charge in [0.05, 0.1) is 7.11 Å². The number of aryl methyl sites for hydroxylation is 1. The van der Waals surface area contributed by atoms with Crippen LogP contribution >= 0.6 is 0 Å². The maximum atomic E-state index is 5.51. The van der Waals surface area contributed by atoms with Gasteiger partial charge in [-0.1, -0.05) is 24.6 Å². The maximum Gasteiger partial charge on any atom is 0.123 e. The number of rotatable bonds is 5. The Morgan fingerprint density at radius 2 is 2.17 bits per heavy atom. The van der Waals surface area contributed by atoms with Gasteiger partial charge in [-0.2, -0.15) is 0 Å². The summed E-state index contributed by atoms with van der Waals surface area (Å²) in [5.74, 6) is 0.999. The van der Waals surface area contributed by atoms with Crippen molar-refractivity contribution in [2.45, 2.75) is 32.9 Å². The number of nitrogens with zero attached hydrogens (tertiary/aromatic N) is 1. The molecule has 0 aliphatic carbocycles. The number of hydrogen-bond donors (Lipinski definition) is 1. The van der Waals surface area contributed by atoms with E-state index in [9.17, 15) is 0 Å². The molecule has 0 aromatic heterocycles. The molecule has 1 aromatic rings. The summed E-state index contributed by atoms with van der Waals surface area (Å²) >= 11 is 0. The van der Waals surface area contributed by atoms with Gasteiger partial charge in [0.1, 0.15) is 5.75 Å². The summed E-state index contributed by atoms with van der Waals surface area (Å²) in [6.07, 6.45) is 0. The molecule has 1 atom stereocenters. The number of likely N-dealkylation sites (N-methyl/N-ethyl adjacent to an activating group) is 1. The van der Waals surface area contributed by atoms with E-state index in [0.29, 0.717) is 12.1 Å². The monoisotopic (exact) mass is 248 g/mol. The van der Waals surface area contributed by atoms with Crippen molar-refractivity contribution in [2.24, 2.45) is 0 Å². The molecule has 0 amide bonds. The molecular weight excluding hydrogens is 224 g/mol. The van der Waals surface area contributed by atoms with Crippen molar-refractivity contribution in [3.63, 3.8) is 0 Å². The van der Waals surface area contributed by atoms with Crippen molar-refractivity contribution in [3.05, 3.63) is 29.3 Å². The maximum absolute atomic E-state index is 5.51. The van der Waals surface area contributed by atoms with E-state index in [2.05, 4.69) is 49.2 Å². The molecule has 0 radical (unpaired) electrons. The molecule has 1 heterocycles. The molecule has 3 nitrogen and oxygen atoms in total. The van der Waals surface area contributed by atoms with E-state index in [-0.39, 0.29) is 0 Å². The first-order valence-corrected chi connectivity index (χ1v) is 6.78. The SMILES string of the molecule is CCN(C1CNC1)C(C)c1cc(C)ccc1OC. The summed E-state index contributed by atoms with van der Waals surface area (Å²) in [4.78, 5) is 2.55. The fourth-order valence-corrected chi connectivity index (χ4v) is 2.72. The lowest BCUT2D eigenvalue weighted by atomic mass is 9.99. The van der Waals surface area contributed by atoms with Crippen LogP contribution < -0.4 is 10.1 Å². The zero-order valence-corrected chi connectivity index (χ0v) is 11.9. The summed E-state index contributed by atoms with van der Waals surface area (Å²) in [5, 5.41) is 3.35. The molecule has 18 heavy (non-hydrogen) atoms. The Bertz CT molecular complexity index is 401. The van der Waals surface area contributed by atoms with Gasteiger partial charge in [0, 0.05) is 30.7 Å². The largest absolute Gasteiger partial charge is 0.496 e. The first kappa shape index (κ1) is 13.4. The Labute approximate surface area is 110 Å². The molecule has 1 saturated heterocycles. The average Bonchev–Trinajstić information content (AvgIpc) is 2.32. The number of benzene rings is 1. The summed E-state index contributed by atoms with van der Waals surface area (Å²) in [6, 6.07) is 7.50. The quantitative estimate of drug-likeness (QED) is 0.865. The van der Waals surface area contributed by atoms with Gasteiger partial charge in [-0.15, -0.1) is 0 Å². The Morgan fingerprint density at radius 1 is 1.44 bits per heavy atom. The lowest BCUT2D eigenvalue weighted by Crippen LogP contribution is -2.57. The highest BCUT2D eigenvalue weighted by molar-refractivity contribution is 5.39. The highest BCUT2D eigenvalue weighted by atomic mass is 16.5. The van der Waals surface area contributed by atoms with Gasteiger partial charge in [-0.3, -0.25) is 4.90 Å². The Balaban J connectivity index is 2.25. The number of nitrogens with one attached hydrogen (secondary N) is 1. The standard InChI is InChI=1S/C15H24N2O/c1-5-17(13-9-16-10-13)12(3)14-8-11(2)6-7-15(14)18-4/h6-8,12-13,16H,5,9-10H2,1-4H3. The van der Waals surface area contributed by atoms with Crippen LogP contribution in [0.5, 0.6) is 5.75 Å². The van der Waals surface area contributed by atoms with Crippen molar-refractivity contribution < 1.29 is 4.74 Å². The molecule has 1 unspecified atom stereocenters. The van der Waals surface area contributed by atoms with Crippen LogP contribution in [0.25, 0.3) is 0 Å². The second-order valence-corrected chi connectivity index (χ2v) is 5.06. The summed E-state index contributed by atoms with van der Waals surface area (Å²) in [5.41, 5.74) is 2.59. The molecule has 1 aliphatic heterocycles. The third-order valence-corrected chi connectivity index (χ3v) is 3.93. The molecule has 2 rings (SSSR count). The second kappa shape index (κ2) is 5.72. The minimum atomic E-state index is 0.400. The summed E-state index contributed by atoms with van der Waals surface area (Å²) in [6.45, 7) is 9.93. The highest BCUT2D eigenvalue weighted by Crippen LogP contribution is 2.31. The van der Waals surface area contributed by atoms with Gasteiger partial charge >= 0.3 is 0 Å². The van der Waals surface area contributed by atoms with E-state index in [0.717, 1.165) is 25.4 Å². The molecule has 3 heteroatoms. The highest BCUT2D eigenvalue weighted by Gasteiger charge is 2.28. The smallest absolute Gasteiger partial charge is 0.123 e. The topological polar surface area (TPSA) is 24.5 Å².